The molecule has 0 aromatic carbocycles. The Kier molecular flexibility index (Phi) is 5.32. The number of nitrogens with one attached hydrogen (secondary N) is 1. The van der Waals surface area contributed by atoms with Crippen molar-refractivity contribution in [2.45, 2.75) is 51.6 Å². The normalized spacial score (nSPS) is 18.7. The van der Waals surface area contributed by atoms with Crippen LogP contribution in [0.5, 0.6) is 0 Å². The molecule has 0 unspecified atom stereocenters. The van der Waals surface area contributed by atoms with Crippen molar-refractivity contribution >= 4 is 5.91 Å². The van der Waals surface area contributed by atoms with E-state index >= 15 is 0 Å². The molecule has 0 radical (unpaired) electrons. The van der Waals surface area contributed by atoms with Gasteiger partial charge in [-0.2, -0.15) is 4.98 Å². The minimum Gasteiger partial charge on any atom is -0.376 e. The highest BCUT2D eigenvalue weighted by Gasteiger charge is 2.16. The van der Waals surface area contributed by atoms with Crippen molar-refractivity contribution in [3.8, 4) is 0 Å². The molecule has 1 aromatic heterocycles. The largest absolute Gasteiger partial charge is 0.376 e. The number of aryl methyl sites for hydroxylation is 2. The second-order valence-electron chi connectivity index (χ2n) is 4.79. The van der Waals surface area contributed by atoms with Crippen molar-refractivity contribution in [1.29, 1.82) is 0 Å². The van der Waals surface area contributed by atoms with Gasteiger partial charge in [-0.25, -0.2) is 0 Å². The van der Waals surface area contributed by atoms with Gasteiger partial charge in [0.25, 0.3) is 0 Å². The molecule has 1 amide bonds. The van der Waals surface area contributed by atoms with Crippen molar-refractivity contribution in [3.63, 3.8) is 0 Å². The summed E-state index contributed by atoms with van der Waals surface area (Å²) in [6, 6.07) is 0. The second-order valence-corrected chi connectivity index (χ2v) is 4.79. The van der Waals surface area contributed by atoms with E-state index in [1.165, 1.54) is 0 Å². The van der Waals surface area contributed by atoms with Gasteiger partial charge in [0.1, 0.15) is 0 Å². The number of rotatable bonds is 7. The molecule has 2 heterocycles. The van der Waals surface area contributed by atoms with Crippen molar-refractivity contribution in [3.05, 3.63) is 11.7 Å². The van der Waals surface area contributed by atoms with Crippen LogP contribution in [0.1, 0.15) is 44.3 Å². The topological polar surface area (TPSA) is 77.2 Å². The summed E-state index contributed by atoms with van der Waals surface area (Å²) in [5.41, 5.74) is 0. The summed E-state index contributed by atoms with van der Waals surface area (Å²) >= 11 is 0. The summed E-state index contributed by atoms with van der Waals surface area (Å²) < 4.78 is 10.5. The first-order chi connectivity index (χ1) is 9.28. The highest BCUT2D eigenvalue weighted by atomic mass is 16.5. The molecule has 6 nitrogen and oxygen atoms in total. The van der Waals surface area contributed by atoms with Crippen LogP contribution >= 0.6 is 0 Å². The Balaban J connectivity index is 1.64. The van der Waals surface area contributed by atoms with Crippen molar-refractivity contribution in [1.82, 2.24) is 15.5 Å². The predicted octanol–water partition coefficient (Wildman–Crippen LogP) is 1.25. The zero-order valence-corrected chi connectivity index (χ0v) is 11.4. The van der Waals surface area contributed by atoms with Crippen LogP contribution in [-0.4, -0.2) is 35.3 Å². The minimum atomic E-state index is 0.00532. The standard InChI is InChI=1S/C13H21N3O3/c1-2-4-11-15-13(19-16-11)7-6-12(17)14-9-10-5-3-8-18-10/h10H,2-9H2,1H3,(H,14,17)/t10-/m0/s1. The lowest BCUT2D eigenvalue weighted by Crippen LogP contribution is -2.31. The van der Waals surface area contributed by atoms with Crippen LogP contribution < -0.4 is 5.32 Å². The zero-order chi connectivity index (χ0) is 13.5. The Morgan fingerprint density at radius 2 is 2.37 bits per heavy atom. The van der Waals surface area contributed by atoms with E-state index < -0.39 is 0 Å². The third kappa shape index (κ3) is 4.63. The number of carbonyl (C=O) groups excluding carboxylic acids is 1. The van der Waals surface area contributed by atoms with Gasteiger partial charge in [0.2, 0.25) is 11.8 Å². The maximum atomic E-state index is 11.6. The molecular formula is C13H21N3O3. The average Bonchev–Trinajstić information content (AvgIpc) is 3.05. The summed E-state index contributed by atoms with van der Waals surface area (Å²) in [4.78, 5) is 15.9. The van der Waals surface area contributed by atoms with Crippen LogP contribution in [0, 0.1) is 0 Å². The first kappa shape index (κ1) is 14.0. The van der Waals surface area contributed by atoms with E-state index in [1.54, 1.807) is 0 Å². The molecule has 0 bridgehead atoms. The monoisotopic (exact) mass is 267 g/mol. The van der Waals surface area contributed by atoms with Crippen molar-refractivity contribution in [2.24, 2.45) is 0 Å². The smallest absolute Gasteiger partial charge is 0.227 e. The number of aromatic nitrogens is 2. The van der Waals surface area contributed by atoms with E-state index in [1.807, 2.05) is 0 Å². The number of nitrogens with zero attached hydrogens (tertiary/aromatic N) is 2. The molecule has 1 atom stereocenters. The van der Waals surface area contributed by atoms with E-state index in [0.29, 0.717) is 25.3 Å². The Hall–Kier alpha value is -1.43. The minimum absolute atomic E-state index is 0.00532. The van der Waals surface area contributed by atoms with Crippen molar-refractivity contribution in [2.75, 3.05) is 13.2 Å². The fourth-order valence-electron chi connectivity index (χ4n) is 2.06. The summed E-state index contributed by atoms with van der Waals surface area (Å²) in [5, 5.41) is 6.73. The molecule has 1 aliphatic heterocycles. The SMILES string of the molecule is CCCc1noc(CCC(=O)NC[C@@H]2CCCO2)n1. The Labute approximate surface area is 112 Å². The second kappa shape index (κ2) is 7.23. The quantitative estimate of drug-likeness (QED) is 0.804. The van der Waals surface area contributed by atoms with E-state index in [2.05, 4.69) is 22.4 Å². The Bertz CT molecular complexity index is 400. The Morgan fingerprint density at radius 1 is 1.47 bits per heavy atom. The molecule has 0 saturated carbocycles. The van der Waals surface area contributed by atoms with Gasteiger partial charge in [-0.1, -0.05) is 12.1 Å². The third-order valence-corrected chi connectivity index (χ3v) is 3.10. The fraction of sp³-hybridized carbons (Fsp3) is 0.769. The zero-order valence-electron chi connectivity index (χ0n) is 11.4. The molecule has 1 saturated heterocycles. The van der Waals surface area contributed by atoms with Gasteiger partial charge in [0.15, 0.2) is 5.82 Å². The van der Waals surface area contributed by atoms with Gasteiger partial charge in [-0.3, -0.25) is 4.79 Å². The summed E-state index contributed by atoms with van der Waals surface area (Å²) in [7, 11) is 0. The highest BCUT2D eigenvalue weighted by Crippen LogP contribution is 2.10. The lowest BCUT2D eigenvalue weighted by Gasteiger charge is -2.09. The molecule has 106 valence electrons. The van der Waals surface area contributed by atoms with E-state index in [0.717, 1.165) is 38.1 Å². The van der Waals surface area contributed by atoms with Gasteiger partial charge in [-0.05, 0) is 19.3 Å². The molecular weight excluding hydrogens is 246 g/mol. The molecule has 1 fully saturated rings. The number of hydrogen-bond acceptors (Lipinski definition) is 5. The first-order valence-electron chi connectivity index (χ1n) is 6.97. The maximum Gasteiger partial charge on any atom is 0.227 e. The molecule has 0 aliphatic carbocycles. The summed E-state index contributed by atoms with van der Waals surface area (Å²) in [6.45, 7) is 3.47. The third-order valence-electron chi connectivity index (χ3n) is 3.10. The lowest BCUT2D eigenvalue weighted by atomic mass is 10.2. The van der Waals surface area contributed by atoms with Crippen LogP contribution in [0.25, 0.3) is 0 Å². The van der Waals surface area contributed by atoms with Crippen LogP contribution in [0.2, 0.25) is 0 Å². The van der Waals surface area contributed by atoms with Gasteiger partial charge in [0.05, 0.1) is 6.10 Å². The van der Waals surface area contributed by atoms with Gasteiger partial charge >= 0.3 is 0 Å². The average molecular weight is 267 g/mol. The van der Waals surface area contributed by atoms with Crippen LogP contribution in [0.15, 0.2) is 4.52 Å². The van der Waals surface area contributed by atoms with Gasteiger partial charge in [0, 0.05) is 32.4 Å². The van der Waals surface area contributed by atoms with E-state index in [9.17, 15) is 4.79 Å². The fourth-order valence-corrected chi connectivity index (χ4v) is 2.06. The molecule has 1 aromatic rings. The summed E-state index contributed by atoms with van der Waals surface area (Å²) in [6.07, 6.45) is 4.97. The number of ether oxygens (including phenoxy) is 1. The van der Waals surface area contributed by atoms with Gasteiger partial charge < -0.3 is 14.6 Å². The van der Waals surface area contributed by atoms with Crippen LogP contribution in [-0.2, 0) is 22.4 Å². The van der Waals surface area contributed by atoms with E-state index in [4.69, 9.17) is 9.26 Å². The molecule has 1 N–H and O–H groups in total. The Morgan fingerprint density at radius 3 is 3.11 bits per heavy atom. The van der Waals surface area contributed by atoms with Crippen LogP contribution in [0.4, 0.5) is 0 Å². The summed E-state index contributed by atoms with van der Waals surface area (Å²) in [5.74, 6) is 1.26. The number of hydrogen-bond donors (Lipinski definition) is 1. The molecule has 6 heteroatoms. The maximum absolute atomic E-state index is 11.6. The lowest BCUT2D eigenvalue weighted by molar-refractivity contribution is -0.121. The molecule has 0 spiro atoms. The number of amides is 1. The van der Waals surface area contributed by atoms with Crippen molar-refractivity contribution < 1.29 is 14.1 Å². The van der Waals surface area contributed by atoms with Gasteiger partial charge in [-0.15, -0.1) is 0 Å². The molecule has 2 rings (SSSR count). The highest BCUT2D eigenvalue weighted by molar-refractivity contribution is 5.76. The molecule has 1 aliphatic rings. The number of carbonyl (C=O) groups is 1. The molecule has 19 heavy (non-hydrogen) atoms. The van der Waals surface area contributed by atoms with Crippen LogP contribution in [0.3, 0.4) is 0 Å². The van der Waals surface area contributed by atoms with E-state index in [-0.39, 0.29) is 12.0 Å². The first-order valence-corrected chi connectivity index (χ1v) is 6.97. The predicted molar refractivity (Wildman–Crippen MR) is 68.6 cm³/mol.